The number of pyridine rings is 2. The van der Waals surface area contributed by atoms with Gasteiger partial charge in [0.2, 0.25) is 0 Å². The molecule has 0 spiro atoms. The van der Waals surface area contributed by atoms with Crippen LogP contribution in [0.15, 0.2) is 35.3 Å². The lowest BCUT2D eigenvalue weighted by atomic mass is 9.82. The lowest BCUT2D eigenvalue weighted by Crippen LogP contribution is -2.24. The fourth-order valence-electron chi connectivity index (χ4n) is 4.96. The van der Waals surface area contributed by atoms with E-state index in [0.29, 0.717) is 16.6 Å². The van der Waals surface area contributed by atoms with Crippen LogP contribution in [0.25, 0.3) is 16.6 Å². The number of halogens is 1. The SMILES string of the molecule is Cc1c(-c2cccc3c2CCCC3N)c(F)cn2c(=O)c(C(=O)O)cc(C3CC3)c12. The highest BCUT2D eigenvalue weighted by Crippen LogP contribution is 2.45. The molecule has 2 aliphatic carbocycles. The Hall–Kier alpha value is -2.99. The minimum absolute atomic E-state index is 0.0553. The van der Waals surface area contributed by atoms with Crippen molar-refractivity contribution in [1.29, 1.82) is 0 Å². The van der Waals surface area contributed by atoms with Gasteiger partial charge in [0.15, 0.2) is 0 Å². The molecule has 30 heavy (non-hydrogen) atoms. The van der Waals surface area contributed by atoms with Gasteiger partial charge in [-0.15, -0.1) is 0 Å². The van der Waals surface area contributed by atoms with Gasteiger partial charge in [0.05, 0.1) is 5.52 Å². The normalized spacial score (nSPS) is 18.4. The number of nitrogens with zero attached hydrogens (tertiary/aromatic N) is 1. The molecule has 1 atom stereocenters. The van der Waals surface area contributed by atoms with Gasteiger partial charge in [0.1, 0.15) is 11.4 Å². The largest absolute Gasteiger partial charge is 0.477 e. The smallest absolute Gasteiger partial charge is 0.341 e. The molecule has 1 aromatic carbocycles. The first-order valence-electron chi connectivity index (χ1n) is 10.4. The van der Waals surface area contributed by atoms with Crippen molar-refractivity contribution in [3.05, 3.63) is 74.5 Å². The van der Waals surface area contributed by atoms with Crippen LogP contribution >= 0.6 is 0 Å². The summed E-state index contributed by atoms with van der Waals surface area (Å²) in [6.07, 6.45) is 5.73. The molecule has 1 saturated carbocycles. The van der Waals surface area contributed by atoms with Gasteiger partial charge in [0.25, 0.3) is 5.56 Å². The van der Waals surface area contributed by atoms with Gasteiger partial charge in [-0.05, 0) is 78.8 Å². The highest BCUT2D eigenvalue weighted by Gasteiger charge is 2.31. The zero-order chi connectivity index (χ0) is 21.2. The maximum Gasteiger partial charge on any atom is 0.341 e. The second kappa shape index (κ2) is 6.77. The molecule has 2 aromatic heterocycles. The van der Waals surface area contributed by atoms with E-state index in [0.717, 1.165) is 60.6 Å². The van der Waals surface area contributed by atoms with Crippen LogP contribution in [0.5, 0.6) is 0 Å². The van der Waals surface area contributed by atoms with Gasteiger partial charge in [0, 0.05) is 17.8 Å². The summed E-state index contributed by atoms with van der Waals surface area (Å²) in [6, 6.07) is 7.27. The van der Waals surface area contributed by atoms with Gasteiger partial charge < -0.3 is 10.8 Å². The van der Waals surface area contributed by atoms with Gasteiger partial charge in [-0.2, -0.15) is 0 Å². The number of hydrogen-bond acceptors (Lipinski definition) is 3. The number of nitrogens with two attached hydrogens (primary N) is 1. The third-order valence-electron chi connectivity index (χ3n) is 6.55. The van der Waals surface area contributed by atoms with E-state index in [9.17, 15) is 14.7 Å². The highest BCUT2D eigenvalue weighted by atomic mass is 19.1. The van der Waals surface area contributed by atoms with Crippen LogP contribution in [0.3, 0.4) is 0 Å². The maximum absolute atomic E-state index is 15.5. The molecular formula is C24H23FN2O3. The molecule has 3 N–H and O–H groups in total. The number of rotatable bonds is 3. The van der Waals surface area contributed by atoms with Crippen molar-refractivity contribution in [3.63, 3.8) is 0 Å². The first-order chi connectivity index (χ1) is 14.4. The zero-order valence-corrected chi connectivity index (χ0v) is 16.7. The number of aromatic carboxylic acids is 1. The topological polar surface area (TPSA) is 84.8 Å². The average Bonchev–Trinajstić information content (AvgIpc) is 3.54. The lowest BCUT2D eigenvalue weighted by molar-refractivity contribution is 0.0694. The second-order valence-corrected chi connectivity index (χ2v) is 8.47. The Labute approximate surface area is 173 Å². The molecule has 2 aliphatic rings. The van der Waals surface area contributed by atoms with Gasteiger partial charge in [-0.1, -0.05) is 18.2 Å². The molecule has 154 valence electrons. The van der Waals surface area contributed by atoms with Crippen molar-refractivity contribution in [2.45, 2.75) is 51.0 Å². The molecule has 0 aliphatic heterocycles. The van der Waals surface area contributed by atoms with Crippen LogP contribution in [0.1, 0.15) is 70.3 Å². The molecule has 3 aromatic rings. The Morgan fingerprint density at radius 1 is 1.23 bits per heavy atom. The Morgan fingerprint density at radius 2 is 2.00 bits per heavy atom. The Morgan fingerprint density at radius 3 is 2.70 bits per heavy atom. The predicted octanol–water partition coefficient (Wildman–Crippen LogP) is 4.33. The number of fused-ring (bicyclic) bond motifs is 2. The highest BCUT2D eigenvalue weighted by molar-refractivity contribution is 5.89. The first kappa shape index (κ1) is 19.0. The fourth-order valence-corrected chi connectivity index (χ4v) is 4.96. The van der Waals surface area contributed by atoms with Crippen LogP contribution < -0.4 is 11.3 Å². The van der Waals surface area contributed by atoms with E-state index in [4.69, 9.17) is 5.73 Å². The van der Waals surface area contributed by atoms with Crippen LogP contribution in [0, 0.1) is 12.7 Å². The van der Waals surface area contributed by atoms with E-state index in [-0.39, 0.29) is 17.5 Å². The minimum atomic E-state index is -1.29. The van der Waals surface area contributed by atoms with Crippen LogP contribution in [-0.4, -0.2) is 15.5 Å². The van der Waals surface area contributed by atoms with Crippen molar-refractivity contribution in [3.8, 4) is 11.1 Å². The van der Waals surface area contributed by atoms with E-state index in [1.807, 2.05) is 25.1 Å². The van der Waals surface area contributed by atoms with Crippen molar-refractivity contribution < 1.29 is 14.3 Å². The van der Waals surface area contributed by atoms with Crippen LogP contribution in [-0.2, 0) is 6.42 Å². The quantitative estimate of drug-likeness (QED) is 0.678. The maximum atomic E-state index is 15.5. The van der Waals surface area contributed by atoms with E-state index in [1.54, 1.807) is 0 Å². The number of carboxylic acid groups (broad SMARTS) is 1. The number of hydrogen-bond donors (Lipinski definition) is 2. The monoisotopic (exact) mass is 406 g/mol. The van der Waals surface area contributed by atoms with Crippen LogP contribution in [0.2, 0.25) is 0 Å². The molecule has 5 rings (SSSR count). The third kappa shape index (κ3) is 2.78. The molecule has 1 fully saturated rings. The zero-order valence-electron chi connectivity index (χ0n) is 16.7. The van der Waals surface area contributed by atoms with Gasteiger partial charge in [-0.25, -0.2) is 9.18 Å². The molecule has 5 nitrogen and oxygen atoms in total. The Bertz CT molecular complexity index is 1270. The summed E-state index contributed by atoms with van der Waals surface area (Å²) in [5, 5.41) is 9.46. The van der Waals surface area contributed by atoms with Crippen molar-refractivity contribution in [2.75, 3.05) is 0 Å². The molecule has 6 heteroatoms. The summed E-state index contributed by atoms with van der Waals surface area (Å²) in [7, 11) is 0. The molecule has 0 radical (unpaired) electrons. The standard InChI is InChI=1S/C24H23FN2O3/c1-12-21(16-6-2-5-15-14(16)4-3-7-20(15)26)19(25)11-27-22(12)17(13-8-9-13)10-18(23(27)28)24(29)30/h2,5-6,10-11,13,20H,3-4,7-9,26H2,1H3,(H,29,30). The lowest BCUT2D eigenvalue weighted by Gasteiger charge is -2.26. The number of aromatic nitrogens is 1. The summed E-state index contributed by atoms with van der Waals surface area (Å²) < 4.78 is 16.6. The summed E-state index contributed by atoms with van der Waals surface area (Å²) in [4.78, 5) is 24.4. The fraction of sp³-hybridized carbons (Fsp3) is 0.333. The van der Waals surface area contributed by atoms with E-state index in [1.165, 1.54) is 10.5 Å². The molecule has 2 heterocycles. The molecule has 1 unspecified atom stereocenters. The number of benzene rings is 1. The average molecular weight is 406 g/mol. The van der Waals surface area contributed by atoms with E-state index in [2.05, 4.69) is 0 Å². The number of aryl methyl sites for hydroxylation is 1. The summed E-state index contributed by atoms with van der Waals surface area (Å²) in [5.41, 5.74) is 10.8. The van der Waals surface area contributed by atoms with Crippen LogP contribution in [0.4, 0.5) is 4.39 Å². The minimum Gasteiger partial charge on any atom is -0.477 e. The number of carboxylic acids is 1. The van der Waals surface area contributed by atoms with E-state index < -0.39 is 17.3 Å². The third-order valence-corrected chi connectivity index (χ3v) is 6.55. The second-order valence-electron chi connectivity index (χ2n) is 8.47. The molecule has 0 saturated heterocycles. The van der Waals surface area contributed by atoms with Crippen molar-refractivity contribution >= 4 is 11.5 Å². The first-order valence-corrected chi connectivity index (χ1v) is 10.4. The summed E-state index contributed by atoms with van der Waals surface area (Å²) in [5.74, 6) is -1.61. The summed E-state index contributed by atoms with van der Waals surface area (Å²) in [6.45, 7) is 1.82. The summed E-state index contributed by atoms with van der Waals surface area (Å²) >= 11 is 0. The van der Waals surface area contributed by atoms with Crippen molar-refractivity contribution in [2.24, 2.45) is 5.73 Å². The number of carbonyl (C=O) groups is 1. The Kier molecular flexibility index (Phi) is 4.29. The van der Waals surface area contributed by atoms with E-state index >= 15 is 4.39 Å². The predicted molar refractivity (Wildman–Crippen MR) is 113 cm³/mol. The van der Waals surface area contributed by atoms with Crippen molar-refractivity contribution in [1.82, 2.24) is 4.40 Å². The van der Waals surface area contributed by atoms with Gasteiger partial charge in [-0.3, -0.25) is 9.20 Å². The molecule has 0 bridgehead atoms. The molecule has 0 amide bonds. The van der Waals surface area contributed by atoms with Gasteiger partial charge >= 0.3 is 5.97 Å². The Balaban J connectivity index is 1.86. The molecular weight excluding hydrogens is 383 g/mol.